The van der Waals surface area contributed by atoms with Crippen molar-refractivity contribution in [2.45, 2.75) is 5.37 Å². The van der Waals surface area contributed by atoms with Crippen LogP contribution in [0.2, 0.25) is 0 Å². The minimum atomic E-state index is -0.0475. The Labute approximate surface area is 221 Å². The maximum Gasteiger partial charge on any atom is 0.157 e. The predicted octanol–water partition coefficient (Wildman–Crippen LogP) is 8.80. The van der Waals surface area contributed by atoms with E-state index in [1.807, 2.05) is 36.4 Å². The maximum absolute atomic E-state index is 5.01. The molecule has 0 aliphatic carbocycles. The molecular formula is C33H25N3S. The molecule has 4 heteroatoms. The molecule has 178 valence electrons. The Balaban J connectivity index is 1.37. The lowest BCUT2D eigenvalue weighted by atomic mass is 10.1. The quantitative estimate of drug-likeness (QED) is 0.235. The highest BCUT2D eigenvalue weighted by Crippen LogP contribution is 2.39. The average molecular weight is 496 g/mol. The molecule has 0 amide bonds. The topological polar surface area (TPSA) is 28.0 Å². The number of amidine groups is 1. The molecule has 1 aliphatic heterocycles. The van der Waals surface area contributed by atoms with Gasteiger partial charge in [-0.25, -0.2) is 9.98 Å². The van der Waals surface area contributed by atoms with Gasteiger partial charge in [0, 0.05) is 28.2 Å². The Morgan fingerprint density at radius 2 is 0.973 bits per heavy atom. The summed E-state index contributed by atoms with van der Waals surface area (Å²) in [6.07, 6.45) is 0. The number of thioether (sulfide) groups is 1. The number of aliphatic imine (C=N–C) groups is 2. The molecule has 0 spiro atoms. The Morgan fingerprint density at radius 1 is 0.486 bits per heavy atom. The van der Waals surface area contributed by atoms with Gasteiger partial charge in [0.05, 0.1) is 0 Å². The molecule has 1 unspecified atom stereocenters. The molecule has 6 rings (SSSR count). The Bertz CT molecular complexity index is 1480. The van der Waals surface area contributed by atoms with Gasteiger partial charge in [-0.05, 0) is 42.0 Å². The van der Waals surface area contributed by atoms with Gasteiger partial charge >= 0.3 is 0 Å². The van der Waals surface area contributed by atoms with Crippen LogP contribution >= 0.6 is 11.8 Å². The van der Waals surface area contributed by atoms with Gasteiger partial charge in [0.15, 0.2) is 5.84 Å². The van der Waals surface area contributed by atoms with Crippen LogP contribution < -0.4 is 4.90 Å². The number of benzene rings is 5. The summed E-state index contributed by atoms with van der Waals surface area (Å²) >= 11 is 1.69. The van der Waals surface area contributed by atoms with Crippen LogP contribution in [-0.4, -0.2) is 10.9 Å². The third-order valence-electron chi connectivity index (χ3n) is 6.19. The van der Waals surface area contributed by atoms with Crippen molar-refractivity contribution >= 4 is 39.7 Å². The van der Waals surface area contributed by atoms with Gasteiger partial charge in [0.1, 0.15) is 10.4 Å². The van der Waals surface area contributed by atoms with Crippen molar-refractivity contribution in [1.29, 1.82) is 0 Å². The fraction of sp³-hybridized carbons (Fsp3) is 0.0303. The molecule has 0 N–H and O–H groups in total. The summed E-state index contributed by atoms with van der Waals surface area (Å²) in [4.78, 5) is 12.3. The minimum absolute atomic E-state index is 0.0475. The van der Waals surface area contributed by atoms with Crippen molar-refractivity contribution in [2.75, 3.05) is 4.90 Å². The average Bonchev–Trinajstić information content (AvgIpc) is 2.99. The number of anilines is 3. The first kappa shape index (κ1) is 23.0. The minimum Gasteiger partial charge on any atom is -0.311 e. The Morgan fingerprint density at radius 3 is 1.54 bits per heavy atom. The molecule has 5 aromatic carbocycles. The molecule has 0 bridgehead atoms. The molecule has 5 aromatic rings. The third kappa shape index (κ3) is 5.11. The summed E-state index contributed by atoms with van der Waals surface area (Å²) in [5.74, 6) is 0.766. The number of rotatable bonds is 6. The zero-order chi connectivity index (χ0) is 24.9. The van der Waals surface area contributed by atoms with Gasteiger partial charge in [-0.2, -0.15) is 0 Å². The number of nitrogens with zero attached hydrogens (tertiary/aromatic N) is 3. The fourth-order valence-corrected chi connectivity index (χ4v) is 5.44. The summed E-state index contributed by atoms with van der Waals surface area (Å²) in [6, 6.07) is 50.2. The summed E-state index contributed by atoms with van der Waals surface area (Å²) < 4.78 is 0. The first-order valence-electron chi connectivity index (χ1n) is 12.3. The van der Waals surface area contributed by atoms with E-state index in [2.05, 4.69) is 114 Å². The van der Waals surface area contributed by atoms with Crippen molar-refractivity contribution in [2.24, 2.45) is 9.98 Å². The lowest BCUT2D eigenvalue weighted by Crippen LogP contribution is -2.13. The van der Waals surface area contributed by atoms with Gasteiger partial charge in [-0.15, -0.1) is 0 Å². The van der Waals surface area contributed by atoms with Crippen molar-refractivity contribution in [3.05, 3.63) is 162 Å². The lowest BCUT2D eigenvalue weighted by Gasteiger charge is -2.26. The van der Waals surface area contributed by atoms with E-state index in [-0.39, 0.29) is 5.37 Å². The van der Waals surface area contributed by atoms with E-state index in [0.717, 1.165) is 39.1 Å². The molecule has 1 aliphatic rings. The number of hydrogen-bond donors (Lipinski definition) is 0. The monoisotopic (exact) mass is 495 g/mol. The highest BCUT2D eigenvalue weighted by molar-refractivity contribution is 8.14. The normalized spacial score (nSPS) is 15.0. The van der Waals surface area contributed by atoms with Crippen molar-refractivity contribution in [3.63, 3.8) is 0 Å². The van der Waals surface area contributed by atoms with Crippen LogP contribution in [0.15, 0.2) is 156 Å². The second-order valence-electron chi connectivity index (χ2n) is 8.67. The summed E-state index contributed by atoms with van der Waals surface area (Å²) in [7, 11) is 0. The zero-order valence-electron chi connectivity index (χ0n) is 20.2. The van der Waals surface area contributed by atoms with Crippen LogP contribution in [0.5, 0.6) is 0 Å². The summed E-state index contributed by atoms with van der Waals surface area (Å²) in [6.45, 7) is 0. The SMILES string of the molecule is c1ccc(C2=NC(c3ccccc3)SC(c3ccc(N(c4ccccc4)c4ccccc4)cc3)=N2)cc1. The highest BCUT2D eigenvalue weighted by atomic mass is 32.2. The van der Waals surface area contributed by atoms with E-state index in [0.29, 0.717) is 0 Å². The van der Waals surface area contributed by atoms with Crippen molar-refractivity contribution < 1.29 is 0 Å². The van der Waals surface area contributed by atoms with E-state index in [4.69, 9.17) is 9.98 Å². The molecule has 0 radical (unpaired) electrons. The first-order valence-corrected chi connectivity index (χ1v) is 13.2. The summed E-state index contributed by atoms with van der Waals surface area (Å²) in [5.41, 5.74) is 6.61. The molecule has 3 nitrogen and oxygen atoms in total. The fourth-order valence-electron chi connectivity index (χ4n) is 4.37. The second-order valence-corrected chi connectivity index (χ2v) is 9.74. The van der Waals surface area contributed by atoms with Gasteiger partial charge < -0.3 is 4.90 Å². The van der Waals surface area contributed by atoms with E-state index in [1.54, 1.807) is 11.8 Å². The second kappa shape index (κ2) is 10.7. The molecule has 0 saturated carbocycles. The highest BCUT2D eigenvalue weighted by Gasteiger charge is 2.23. The van der Waals surface area contributed by atoms with Crippen molar-refractivity contribution in [1.82, 2.24) is 0 Å². The van der Waals surface area contributed by atoms with Gasteiger partial charge in [-0.1, -0.05) is 121 Å². The van der Waals surface area contributed by atoms with E-state index in [9.17, 15) is 0 Å². The van der Waals surface area contributed by atoms with E-state index < -0.39 is 0 Å². The van der Waals surface area contributed by atoms with Gasteiger partial charge in [0.2, 0.25) is 0 Å². The third-order valence-corrected chi connectivity index (χ3v) is 7.34. The van der Waals surface area contributed by atoms with Crippen LogP contribution in [0.4, 0.5) is 17.1 Å². The largest absolute Gasteiger partial charge is 0.311 e. The molecule has 1 heterocycles. The molecule has 1 atom stereocenters. The van der Waals surface area contributed by atoms with Crippen LogP contribution in [0.1, 0.15) is 22.1 Å². The molecule has 0 fully saturated rings. The molecular weight excluding hydrogens is 470 g/mol. The molecule has 37 heavy (non-hydrogen) atoms. The van der Waals surface area contributed by atoms with Gasteiger partial charge in [-0.3, -0.25) is 0 Å². The maximum atomic E-state index is 5.01. The Kier molecular flexibility index (Phi) is 6.65. The molecule has 0 aromatic heterocycles. The Hall–Kier alpha value is -4.41. The van der Waals surface area contributed by atoms with Crippen LogP contribution in [0.3, 0.4) is 0 Å². The van der Waals surface area contributed by atoms with Gasteiger partial charge in [0.25, 0.3) is 0 Å². The number of para-hydroxylation sites is 2. The standard InChI is InChI=1S/C33H25N3S/c1-5-13-25(14-6-1)31-34-32(26-15-7-2-8-16-26)37-33(35-31)27-21-23-30(24-22-27)36(28-17-9-3-10-18-28)29-19-11-4-12-20-29/h1-24,32H. The van der Waals surface area contributed by atoms with Crippen LogP contribution in [-0.2, 0) is 0 Å². The summed E-state index contributed by atoms with van der Waals surface area (Å²) in [5, 5.41) is 0.925. The predicted molar refractivity (Wildman–Crippen MR) is 157 cm³/mol. The van der Waals surface area contributed by atoms with E-state index >= 15 is 0 Å². The van der Waals surface area contributed by atoms with Crippen molar-refractivity contribution in [3.8, 4) is 0 Å². The lowest BCUT2D eigenvalue weighted by molar-refractivity contribution is 1.03. The van der Waals surface area contributed by atoms with Crippen LogP contribution in [0.25, 0.3) is 0 Å². The zero-order valence-corrected chi connectivity index (χ0v) is 21.0. The number of hydrogen-bond acceptors (Lipinski definition) is 4. The smallest absolute Gasteiger partial charge is 0.157 e. The van der Waals surface area contributed by atoms with E-state index in [1.165, 1.54) is 5.56 Å². The first-order chi connectivity index (χ1) is 18.3. The van der Waals surface area contributed by atoms with Crippen LogP contribution in [0, 0.1) is 0 Å². The molecule has 0 saturated heterocycles.